The van der Waals surface area contributed by atoms with Crippen LogP contribution in [0.4, 0.5) is 4.39 Å². The van der Waals surface area contributed by atoms with Gasteiger partial charge in [-0.1, -0.05) is 32.9 Å². The zero-order chi connectivity index (χ0) is 8.48. The second-order valence-corrected chi connectivity index (χ2v) is 3.98. The summed E-state index contributed by atoms with van der Waals surface area (Å²) in [5.41, 5.74) is -0.103. The molecule has 11 heavy (non-hydrogen) atoms. The SMILES string of the molecule is CCC1(C)CC(C)C=CC1F. The van der Waals surface area contributed by atoms with E-state index in [2.05, 4.69) is 13.8 Å². The van der Waals surface area contributed by atoms with Crippen molar-refractivity contribution in [3.63, 3.8) is 0 Å². The summed E-state index contributed by atoms with van der Waals surface area (Å²) in [7, 11) is 0. The van der Waals surface area contributed by atoms with E-state index < -0.39 is 6.17 Å². The van der Waals surface area contributed by atoms with Gasteiger partial charge < -0.3 is 0 Å². The van der Waals surface area contributed by atoms with Crippen LogP contribution in [0, 0.1) is 11.3 Å². The van der Waals surface area contributed by atoms with Crippen LogP contribution in [0.3, 0.4) is 0 Å². The van der Waals surface area contributed by atoms with Crippen LogP contribution in [-0.4, -0.2) is 6.17 Å². The van der Waals surface area contributed by atoms with Gasteiger partial charge in [0.05, 0.1) is 0 Å². The molecule has 0 N–H and O–H groups in total. The highest BCUT2D eigenvalue weighted by Crippen LogP contribution is 2.39. The molecule has 0 heterocycles. The highest BCUT2D eigenvalue weighted by atomic mass is 19.1. The second-order valence-electron chi connectivity index (χ2n) is 3.98. The van der Waals surface area contributed by atoms with Gasteiger partial charge in [0.25, 0.3) is 0 Å². The first-order valence-electron chi connectivity index (χ1n) is 4.41. The van der Waals surface area contributed by atoms with Crippen molar-refractivity contribution in [1.82, 2.24) is 0 Å². The van der Waals surface area contributed by atoms with Crippen LogP contribution >= 0.6 is 0 Å². The van der Waals surface area contributed by atoms with Crippen molar-refractivity contribution in [2.45, 2.75) is 39.8 Å². The van der Waals surface area contributed by atoms with Gasteiger partial charge in [-0.3, -0.25) is 0 Å². The first-order valence-corrected chi connectivity index (χ1v) is 4.41. The van der Waals surface area contributed by atoms with Gasteiger partial charge in [0.15, 0.2) is 0 Å². The fourth-order valence-corrected chi connectivity index (χ4v) is 1.78. The van der Waals surface area contributed by atoms with E-state index in [4.69, 9.17) is 0 Å². The van der Waals surface area contributed by atoms with E-state index in [1.54, 1.807) is 6.08 Å². The molecule has 0 saturated carbocycles. The first-order chi connectivity index (χ1) is 5.08. The third kappa shape index (κ3) is 1.63. The average molecular weight is 156 g/mol. The predicted octanol–water partition coefficient (Wildman–Crippen LogP) is 3.34. The number of hydrogen-bond donors (Lipinski definition) is 0. The van der Waals surface area contributed by atoms with Crippen LogP contribution in [0.1, 0.15) is 33.6 Å². The number of alkyl halides is 1. The van der Waals surface area contributed by atoms with Crippen molar-refractivity contribution in [3.05, 3.63) is 12.2 Å². The molecule has 0 fully saturated rings. The van der Waals surface area contributed by atoms with Gasteiger partial charge in [-0.2, -0.15) is 0 Å². The van der Waals surface area contributed by atoms with Crippen LogP contribution in [-0.2, 0) is 0 Å². The summed E-state index contributed by atoms with van der Waals surface area (Å²) in [4.78, 5) is 0. The number of rotatable bonds is 1. The number of hydrogen-bond acceptors (Lipinski definition) is 0. The summed E-state index contributed by atoms with van der Waals surface area (Å²) in [5, 5.41) is 0. The summed E-state index contributed by atoms with van der Waals surface area (Å²) in [6.45, 7) is 6.26. The van der Waals surface area contributed by atoms with Crippen LogP contribution < -0.4 is 0 Å². The van der Waals surface area contributed by atoms with Crippen molar-refractivity contribution in [1.29, 1.82) is 0 Å². The van der Waals surface area contributed by atoms with Gasteiger partial charge in [-0.25, -0.2) is 4.39 Å². The second kappa shape index (κ2) is 2.96. The van der Waals surface area contributed by atoms with E-state index in [0.29, 0.717) is 5.92 Å². The van der Waals surface area contributed by atoms with E-state index in [0.717, 1.165) is 12.8 Å². The fourth-order valence-electron chi connectivity index (χ4n) is 1.78. The van der Waals surface area contributed by atoms with Crippen molar-refractivity contribution < 1.29 is 4.39 Å². The first kappa shape index (κ1) is 8.76. The Kier molecular flexibility index (Phi) is 2.36. The van der Waals surface area contributed by atoms with Crippen molar-refractivity contribution in [2.24, 2.45) is 11.3 Å². The van der Waals surface area contributed by atoms with E-state index >= 15 is 0 Å². The summed E-state index contributed by atoms with van der Waals surface area (Å²) in [6, 6.07) is 0. The van der Waals surface area contributed by atoms with E-state index in [-0.39, 0.29) is 5.41 Å². The molecular weight excluding hydrogens is 139 g/mol. The fraction of sp³-hybridized carbons (Fsp3) is 0.800. The molecule has 0 radical (unpaired) electrons. The molecule has 0 amide bonds. The Morgan fingerprint density at radius 2 is 2.18 bits per heavy atom. The largest absolute Gasteiger partial charge is 0.242 e. The van der Waals surface area contributed by atoms with Crippen LogP contribution in [0.2, 0.25) is 0 Å². The van der Waals surface area contributed by atoms with Gasteiger partial charge >= 0.3 is 0 Å². The number of allylic oxidation sites excluding steroid dienone is 2. The Hall–Kier alpha value is -0.330. The van der Waals surface area contributed by atoms with Crippen molar-refractivity contribution in [3.8, 4) is 0 Å². The maximum Gasteiger partial charge on any atom is 0.124 e. The third-order valence-electron chi connectivity index (χ3n) is 2.87. The molecule has 1 heteroatoms. The highest BCUT2D eigenvalue weighted by Gasteiger charge is 2.34. The Morgan fingerprint density at radius 1 is 1.55 bits per heavy atom. The molecular formula is C10H17F. The topological polar surface area (TPSA) is 0 Å². The quantitative estimate of drug-likeness (QED) is 0.511. The lowest BCUT2D eigenvalue weighted by atomic mass is 9.72. The van der Waals surface area contributed by atoms with Gasteiger partial charge in [-0.15, -0.1) is 0 Å². The molecule has 3 atom stereocenters. The van der Waals surface area contributed by atoms with Crippen molar-refractivity contribution in [2.75, 3.05) is 0 Å². The van der Waals surface area contributed by atoms with Crippen LogP contribution in [0.25, 0.3) is 0 Å². The molecule has 0 saturated heterocycles. The van der Waals surface area contributed by atoms with Gasteiger partial charge in [0, 0.05) is 5.41 Å². The minimum absolute atomic E-state index is 0.103. The Bertz CT molecular complexity index is 162. The zero-order valence-electron chi connectivity index (χ0n) is 7.60. The molecule has 0 aromatic carbocycles. The Morgan fingerprint density at radius 3 is 2.64 bits per heavy atom. The zero-order valence-corrected chi connectivity index (χ0v) is 7.60. The Balaban J connectivity index is 2.74. The van der Waals surface area contributed by atoms with Crippen molar-refractivity contribution >= 4 is 0 Å². The van der Waals surface area contributed by atoms with E-state index in [1.165, 1.54) is 0 Å². The lowest BCUT2D eigenvalue weighted by molar-refractivity contribution is 0.121. The average Bonchev–Trinajstić information content (AvgIpc) is 1.98. The molecule has 1 rings (SSSR count). The van der Waals surface area contributed by atoms with Gasteiger partial charge in [0.1, 0.15) is 6.17 Å². The monoisotopic (exact) mass is 156 g/mol. The lowest BCUT2D eigenvalue weighted by Crippen LogP contribution is -2.31. The molecule has 0 aromatic heterocycles. The van der Waals surface area contributed by atoms with Crippen LogP contribution in [0.5, 0.6) is 0 Å². The molecule has 0 nitrogen and oxygen atoms in total. The lowest BCUT2D eigenvalue weighted by Gasteiger charge is -2.35. The van der Waals surface area contributed by atoms with Gasteiger partial charge in [-0.05, 0) is 18.8 Å². The maximum atomic E-state index is 13.3. The normalized spacial score (nSPS) is 44.4. The maximum absolute atomic E-state index is 13.3. The predicted molar refractivity (Wildman–Crippen MR) is 46.2 cm³/mol. The summed E-state index contributed by atoms with van der Waals surface area (Å²) in [6.07, 6.45) is 4.90. The third-order valence-corrected chi connectivity index (χ3v) is 2.87. The molecule has 0 aromatic rings. The van der Waals surface area contributed by atoms with Gasteiger partial charge in [0.2, 0.25) is 0 Å². The van der Waals surface area contributed by atoms with E-state index in [1.807, 2.05) is 13.0 Å². The summed E-state index contributed by atoms with van der Waals surface area (Å²) in [5.74, 6) is 0.548. The molecule has 0 aliphatic heterocycles. The minimum atomic E-state index is -0.733. The van der Waals surface area contributed by atoms with E-state index in [9.17, 15) is 4.39 Å². The molecule has 64 valence electrons. The number of halogens is 1. The molecule has 0 bridgehead atoms. The molecule has 1 aliphatic rings. The standard InChI is InChI=1S/C10H17F/c1-4-10(3)7-8(2)5-6-9(10)11/h5-6,8-9H,4,7H2,1-3H3. The van der Waals surface area contributed by atoms with Crippen LogP contribution in [0.15, 0.2) is 12.2 Å². The minimum Gasteiger partial charge on any atom is -0.242 e. The molecule has 1 aliphatic carbocycles. The molecule has 0 spiro atoms. The Labute approximate surface area is 68.5 Å². The molecule has 3 unspecified atom stereocenters. The highest BCUT2D eigenvalue weighted by molar-refractivity contribution is 5.05. The summed E-state index contributed by atoms with van der Waals surface area (Å²) < 4.78 is 13.3. The summed E-state index contributed by atoms with van der Waals surface area (Å²) >= 11 is 0. The smallest absolute Gasteiger partial charge is 0.124 e.